The molecular formula is C39H57NO4. The number of nitrogens with zero attached hydrogens (tertiary/aromatic N) is 1. The first-order chi connectivity index (χ1) is 20.6. The van der Waals surface area contributed by atoms with Crippen molar-refractivity contribution in [3.63, 3.8) is 0 Å². The van der Waals surface area contributed by atoms with Gasteiger partial charge < -0.3 is 15.1 Å². The fourth-order valence-electron chi connectivity index (χ4n) is 12.1. The Hall–Kier alpha value is -2.40. The zero-order chi connectivity index (χ0) is 32.3. The van der Waals surface area contributed by atoms with E-state index in [2.05, 4.69) is 52.2 Å². The molecule has 0 radical (unpaired) electrons. The number of aromatic carboxylic acids is 1. The lowest BCUT2D eigenvalue weighted by atomic mass is 9.32. The third kappa shape index (κ3) is 4.82. The highest BCUT2D eigenvalue weighted by Gasteiger charge is 2.70. The van der Waals surface area contributed by atoms with Crippen molar-refractivity contribution in [1.29, 1.82) is 0 Å². The number of carboxylic acid groups (broad SMARTS) is 2. The van der Waals surface area contributed by atoms with Crippen LogP contribution in [0.15, 0.2) is 43.0 Å². The Morgan fingerprint density at radius 3 is 2.11 bits per heavy atom. The molecular weight excluding hydrogens is 546 g/mol. The molecule has 5 aliphatic rings. The number of rotatable bonds is 5. The van der Waals surface area contributed by atoms with Crippen LogP contribution in [0.4, 0.5) is 0 Å². The third-order valence-corrected chi connectivity index (χ3v) is 14.3. The predicted octanol–water partition coefficient (Wildman–Crippen LogP) is 9.05. The second-order valence-electron chi connectivity index (χ2n) is 16.6. The first-order valence-electron chi connectivity index (χ1n) is 17.1. The Morgan fingerprint density at radius 1 is 0.864 bits per heavy atom. The summed E-state index contributed by atoms with van der Waals surface area (Å²) in [7, 11) is 4.03. The van der Waals surface area contributed by atoms with Gasteiger partial charge in [0.2, 0.25) is 0 Å². The zero-order valence-electron chi connectivity index (χ0n) is 28.4. The first-order valence-corrected chi connectivity index (χ1v) is 17.1. The quantitative estimate of drug-likeness (QED) is 0.328. The van der Waals surface area contributed by atoms with Gasteiger partial charge in [-0.1, -0.05) is 65.3 Å². The minimum Gasteiger partial charge on any atom is -0.481 e. The largest absolute Gasteiger partial charge is 0.481 e. The van der Waals surface area contributed by atoms with Crippen molar-refractivity contribution in [3.05, 3.63) is 54.1 Å². The number of benzene rings is 1. The molecule has 2 N–H and O–H groups in total. The second kappa shape index (κ2) is 11.4. The number of hydrogen-bond donors (Lipinski definition) is 2. The average molecular weight is 604 g/mol. The highest BCUT2D eigenvalue weighted by Crippen LogP contribution is 2.77. The Morgan fingerprint density at radius 2 is 1.55 bits per heavy atom. The van der Waals surface area contributed by atoms with E-state index in [1.165, 1.54) is 31.3 Å². The van der Waals surface area contributed by atoms with Crippen molar-refractivity contribution in [2.24, 2.45) is 50.7 Å². The van der Waals surface area contributed by atoms with Gasteiger partial charge in [0.25, 0.3) is 0 Å². The summed E-state index contributed by atoms with van der Waals surface area (Å²) in [5, 5.41) is 19.7. The molecule has 0 aromatic heterocycles. The van der Waals surface area contributed by atoms with Crippen molar-refractivity contribution in [2.45, 2.75) is 98.8 Å². The number of allylic oxidation sites excluding steroid dienone is 2. The summed E-state index contributed by atoms with van der Waals surface area (Å²) in [5.74, 6) is 0.697. The van der Waals surface area contributed by atoms with Crippen molar-refractivity contribution in [2.75, 3.05) is 20.6 Å². The fraction of sp³-hybridized carbons (Fsp3) is 0.692. The molecule has 4 saturated carbocycles. The monoisotopic (exact) mass is 603 g/mol. The van der Waals surface area contributed by atoms with Gasteiger partial charge in [-0.15, -0.1) is 6.58 Å². The molecule has 1 aromatic carbocycles. The molecule has 5 nitrogen and oxygen atoms in total. The minimum absolute atomic E-state index is 0.00724. The van der Waals surface area contributed by atoms with E-state index in [0.29, 0.717) is 29.2 Å². The summed E-state index contributed by atoms with van der Waals surface area (Å²) < 4.78 is 0. The van der Waals surface area contributed by atoms with Crippen LogP contribution in [0, 0.1) is 50.7 Å². The van der Waals surface area contributed by atoms with Crippen LogP contribution in [0.3, 0.4) is 0 Å². The molecule has 6 rings (SSSR count). The van der Waals surface area contributed by atoms with E-state index in [1.54, 1.807) is 12.1 Å². The molecule has 0 bridgehead atoms. The molecule has 6 unspecified atom stereocenters. The van der Waals surface area contributed by atoms with Crippen LogP contribution in [0.1, 0.15) is 115 Å². The maximum atomic E-state index is 12.6. The van der Waals surface area contributed by atoms with Crippen molar-refractivity contribution < 1.29 is 19.8 Å². The van der Waals surface area contributed by atoms with E-state index in [-0.39, 0.29) is 21.7 Å². The highest BCUT2D eigenvalue weighted by molar-refractivity contribution is 5.88. The van der Waals surface area contributed by atoms with Crippen LogP contribution in [-0.4, -0.2) is 47.7 Å². The molecule has 8 atom stereocenters. The Bertz CT molecular complexity index is 1310. The molecule has 0 aliphatic heterocycles. The zero-order valence-corrected chi connectivity index (χ0v) is 28.4. The summed E-state index contributed by atoms with van der Waals surface area (Å²) >= 11 is 0. The summed E-state index contributed by atoms with van der Waals surface area (Å²) in [6.07, 6.45) is 15.3. The van der Waals surface area contributed by atoms with Gasteiger partial charge in [0, 0.05) is 6.54 Å². The highest BCUT2D eigenvalue weighted by atomic mass is 16.4. The Kier molecular flexibility index (Phi) is 8.57. The molecule has 4 fully saturated rings. The standard InChI is InChI=1S/C34H46O4.C5H11N/c1-30(2)23(21-8-10-22(11-9-21)28(35)36)14-17-31(3)26(30)15-18-33(5)27(31)13-12-24-25-7-6-16-34(25,29(37)38)20-19-32(24,33)4;1-4-5-6(2)3/h8-11,14,24-27H,6-7,12-13,15-20H2,1-5H3,(H,35,36)(H,37,38);4H,1,5H2,2-3H3/t24?,25-,26?,27?,31?,32-,33?,34?;/m1./s1. The van der Waals surface area contributed by atoms with Gasteiger partial charge in [0.1, 0.15) is 0 Å². The summed E-state index contributed by atoms with van der Waals surface area (Å²) in [6.45, 7) is 17.1. The maximum Gasteiger partial charge on any atom is 0.335 e. The van der Waals surface area contributed by atoms with E-state index in [1.807, 2.05) is 32.3 Å². The van der Waals surface area contributed by atoms with E-state index in [0.717, 1.165) is 50.6 Å². The van der Waals surface area contributed by atoms with Crippen molar-refractivity contribution in [3.8, 4) is 0 Å². The Balaban J connectivity index is 0.000000584. The van der Waals surface area contributed by atoms with E-state index in [9.17, 15) is 19.8 Å². The summed E-state index contributed by atoms with van der Waals surface area (Å²) in [6, 6.07) is 7.48. The lowest BCUT2D eigenvalue weighted by Gasteiger charge is -2.72. The van der Waals surface area contributed by atoms with Crippen LogP contribution >= 0.6 is 0 Å². The fourth-order valence-corrected chi connectivity index (χ4v) is 12.1. The number of carbonyl (C=O) groups is 2. The van der Waals surface area contributed by atoms with Gasteiger partial charge in [-0.25, -0.2) is 4.79 Å². The van der Waals surface area contributed by atoms with E-state index >= 15 is 0 Å². The van der Waals surface area contributed by atoms with Crippen molar-refractivity contribution >= 4 is 17.5 Å². The number of carboxylic acids is 2. The van der Waals surface area contributed by atoms with Gasteiger partial charge in [0.05, 0.1) is 11.0 Å². The first kappa shape index (κ1) is 33.0. The molecule has 0 amide bonds. The molecule has 5 heteroatoms. The Labute approximate surface area is 266 Å². The average Bonchev–Trinajstić information content (AvgIpc) is 3.39. The van der Waals surface area contributed by atoms with Gasteiger partial charge in [-0.05, 0) is 140 Å². The molecule has 5 aliphatic carbocycles. The molecule has 0 saturated heterocycles. The maximum absolute atomic E-state index is 12.6. The lowest BCUT2D eigenvalue weighted by molar-refractivity contribution is -0.225. The topological polar surface area (TPSA) is 77.8 Å². The molecule has 44 heavy (non-hydrogen) atoms. The van der Waals surface area contributed by atoms with Gasteiger partial charge in [0.15, 0.2) is 0 Å². The molecule has 0 spiro atoms. The second-order valence-corrected chi connectivity index (χ2v) is 16.6. The van der Waals surface area contributed by atoms with Gasteiger partial charge in [-0.3, -0.25) is 4.79 Å². The lowest BCUT2D eigenvalue weighted by Crippen LogP contribution is -2.65. The van der Waals surface area contributed by atoms with E-state index < -0.39 is 17.4 Å². The molecule has 0 heterocycles. The van der Waals surface area contributed by atoms with Gasteiger partial charge >= 0.3 is 11.9 Å². The SMILES string of the molecule is C=CCN(C)C.CC1(C)C(c2ccc(C(=O)O)cc2)=CCC2(C)C1CCC1(C)C2CCC2[C@H]3CCCC3(C(=O)O)CC[C@]21C. The number of fused-ring (bicyclic) bond motifs is 7. The number of likely N-dealkylation sites (N-methyl/N-ethyl adjacent to an activating group) is 1. The van der Waals surface area contributed by atoms with E-state index in [4.69, 9.17) is 0 Å². The van der Waals surface area contributed by atoms with Gasteiger partial charge in [-0.2, -0.15) is 0 Å². The smallest absolute Gasteiger partial charge is 0.335 e. The molecule has 242 valence electrons. The van der Waals surface area contributed by atoms with Crippen LogP contribution in [0.2, 0.25) is 0 Å². The van der Waals surface area contributed by atoms with Crippen LogP contribution in [0.25, 0.3) is 5.57 Å². The molecule has 1 aromatic rings. The summed E-state index contributed by atoms with van der Waals surface area (Å²) in [4.78, 5) is 26.0. The minimum atomic E-state index is -0.877. The van der Waals surface area contributed by atoms with Crippen LogP contribution in [-0.2, 0) is 4.79 Å². The van der Waals surface area contributed by atoms with Crippen LogP contribution in [0.5, 0.6) is 0 Å². The normalized spacial score (nSPS) is 40.2. The van der Waals surface area contributed by atoms with Crippen LogP contribution < -0.4 is 0 Å². The number of hydrogen-bond acceptors (Lipinski definition) is 3. The van der Waals surface area contributed by atoms with Crippen molar-refractivity contribution in [1.82, 2.24) is 4.90 Å². The summed E-state index contributed by atoms with van der Waals surface area (Å²) in [5.41, 5.74) is 3.07. The third-order valence-electron chi connectivity index (χ3n) is 14.3. The number of aliphatic carboxylic acids is 1. The predicted molar refractivity (Wildman–Crippen MR) is 178 cm³/mol.